The lowest BCUT2D eigenvalue weighted by molar-refractivity contribution is -0.130. The molecule has 1 N–H and O–H groups in total. The molecule has 0 aliphatic heterocycles. The lowest BCUT2D eigenvalue weighted by atomic mass is 10.1. The van der Waals surface area contributed by atoms with E-state index in [0.29, 0.717) is 17.1 Å². The number of ether oxygens (including phenoxy) is 1. The Kier molecular flexibility index (Phi) is 5.96. The Morgan fingerprint density at radius 1 is 1.11 bits per heavy atom. The second-order valence-electron chi connectivity index (χ2n) is 6.26. The summed E-state index contributed by atoms with van der Waals surface area (Å²) in [5.41, 5.74) is 3.01. The summed E-state index contributed by atoms with van der Waals surface area (Å²) in [7, 11) is 3.37. The van der Waals surface area contributed by atoms with E-state index in [1.165, 1.54) is 11.2 Å². The van der Waals surface area contributed by atoms with Gasteiger partial charge in [-0.1, -0.05) is 30.3 Å². The van der Waals surface area contributed by atoms with Gasteiger partial charge in [-0.15, -0.1) is 0 Å². The van der Waals surface area contributed by atoms with Crippen LogP contribution in [0, 0.1) is 0 Å². The van der Waals surface area contributed by atoms with Crippen molar-refractivity contribution < 1.29 is 14.3 Å². The summed E-state index contributed by atoms with van der Waals surface area (Å²) >= 11 is 0. The highest BCUT2D eigenvalue weighted by molar-refractivity contribution is 5.77. The number of carbonyl (C=O) groups excluding carboxylic acids is 2. The minimum atomic E-state index is -0.112. The number of hydrogen-bond acceptors (Lipinski definition) is 6. The molecule has 0 fully saturated rings. The average molecular weight is 376 g/mol. The number of likely N-dealkylation sites (N-methyl/N-ethyl adjacent to an activating group) is 1. The number of amides is 1. The molecule has 0 aliphatic carbocycles. The molecular weight excluding hydrogens is 356 g/mol. The molecular formula is C21H20N4O3. The first-order chi connectivity index (χ1) is 13.5. The van der Waals surface area contributed by atoms with Gasteiger partial charge in [0.05, 0.1) is 5.69 Å². The predicted molar refractivity (Wildman–Crippen MR) is 107 cm³/mol. The first-order valence-corrected chi connectivity index (χ1v) is 8.63. The van der Waals surface area contributed by atoms with Crippen LogP contribution in [0.4, 0.5) is 11.5 Å². The van der Waals surface area contributed by atoms with Gasteiger partial charge in [0.15, 0.2) is 6.61 Å². The summed E-state index contributed by atoms with van der Waals surface area (Å²) in [6, 6.07) is 16.3. The van der Waals surface area contributed by atoms with Crippen molar-refractivity contribution in [3.8, 4) is 17.0 Å². The number of benzene rings is 2. The fourth-order valence-electron chi connectivity index (χ4n) is 2.40. The van der Waals surface area contributed by atoms with Gasteiger partial charge in [0.25, 0.3) is 5.91 Å². The molecule has 0 unspecified atom stereocenters. The lowest BCUT2D eigenvalue weighted by Crippen LogP contribution is -2.27. The summed E-state index contributed by atoms with van der Waals surface area (Å²) in [6.07, 6.45) is 2.28. The Balaban J connectivity index is 1.72. The molecule has 7 heteroatoms. The van der Waals surface area contributed by atoms with E-state index >= 15 is 0 Å². The molecule has 0 saturated heterocycles. The average Bonchev–Trinajstić information content (AvgIpc) is 2.72. The number of carbonyl (C=O) groups is 2. The third kappa shape index (κ3) is 4.91. The molecule has 0 aliphatic rings. The maximum Gasteiger partial charge on any atom is 0.259 e. The number of aldehydes is 1. The molecule has 1 aromatic heterocycles. The molecule has 1 amide bonds. The Labute approximate surface area is 163 Å². The third-order valence-corrected chi connectivity index (χ3v) is 3.98. The van der Waals surface area contributed by atoms with Crippen LogP contribution in [0.15, 0.2) is 60.9 Å². The summed E-state index contributed by atoms with van der Waals surface area (Å²) < 4.78 is 5.53. The highest BCUT2D eigenvalue weighted by atomic mass is 16.5. The zero-order valence-electron chi connectivity index (χ0n) is 15.6. The van der Waals surface area contributed by atoms with Crippen LogP contribution in [0.5, 0.6) is 5.75 Å². The second-order valence-corrected chi connectivity index (χ2v) is 6.26. The molecule has 1 heterocycles. The van der Waals surface area contributed by atoms with Crippen molar-refractivity contribution in [2.45, 2.75) is 0 Å². The van der Waals surface area contributed by atoms with Gasteiger partial charge in [-0.05, 0) is 12.1 Å². The maximum absolute atomic E-state index is 11.7. The monoisotopic (exact) mass is 376 g/mol. The van der Waals surface area contributed by atoms with Gasteiger partial charge in [-0.3, -0.25) is 9.59 Å². The van der Waals surface area contributed by atoms with Gasteiger partial charge in [-0.25, -0.2) is 9.97 Å². The van der Waals surface area contributed by atoms with E-state index in [0.717, 1.165) is 23.2 Å². The molecule has 0 atom stereocenters. The molecule has 28 heavy (non-hydrogen) atoms. The lowest BCUT2D eigenvalue weighted by Gasteiger charge is -2.12. The van der Waals surface area contributed by atoms with E-state index in [2.05, 4.69) is 15.3 Å². The van der Waals surface area contributed by atoms with E-state index in [1.807, 2.05) is 30.3 Å². The second kappa shape index (κ2) is 8.77. The summed E-state index contributed by atoms with van der Waals surface area (Å²) in [6.45, 7) is -0.0229. The number of aromatic nitrogens is 2. The van der Waals surface area contributed by atoms with Crippen molar-refractivity contribution in [2.24, 2.45) is 0 Å². The minimum Gasteiger partial charge on any atom is -0.484 e. The highest BCUT2D eigenvalue weighted by Gasteiger charge is 2.06. The van der Waals surface area contributed by atoms with Crippen LogP contribution in [-0.2, 0) is 4.79 Å². The molecule has 3 aromatic rings. The molecule has 7 nitrogen and oxygen atoms in total. The van der Waals surface area contributed by atoms with Crippen LogP contribution >= 0.6 is 0 Å². The van der Waals surface area contributed by atoms with Gasteiger partial charge >= 0.3 is 0 Å². The normalized spacial score (nSPS) is 10.2. The van der Waals surface area contributed by atoms with Gasteiger partial charge in [-0.2, -0.15) is 0 Å². The molecule has 142 valence electrons. The fourth-order valence-corrected chi connectivity index (χ4v) is 2.40. The van der Waals surface area contributed by atoms with Gasteiger partial charge in [0, 0.05) is 43.0 Å². The smallest absolute Gasteiger partial charge is 0.259 e. The Morgan fingerprint density at radius 3 is 2.61 bits per heavy atom. The zero-order chi connectivity index (χ0) is 19.9. The molecule has 0 saturated carbocycles. The fraction of sp³-hybridized carbons (Fsp3) is 0.143. The summed E-state index contributed by atoms with van der Waals surface area (Å²) in [5.74, 6) is 1.09. The molecule has 0 spiro atoms. The van der Waals surface area contributed by atoms with Gasteiger partial charge in [0.1, 0.15) is 24.2 Å². The van der Waals surface area contributed by atoms with Crippen LogP contribution in [0.3, 0.4) is 0 Å². The van der Waals surface area contributed by atoms with E-state index in [-0.39, 0.29) is 12.5 Å². The Bertz CT molecular complexity index is 971. The number of nitrogens with one attached hydrogen (secondary N) is 1. The van der Waals surface area contributed by atoms with Crippen LogP contribution in [-0.4, -0.2) is 47.8 Å². The van der Waals surface area contributed by atoms with Crippen LogP contribution in [0.25, 0.3) is 11.3 Å². The molecule has 2 aromatic carbocycles. The van der Waals surface area contributed by atoms with E-state index < -0.39 is 0 Å². The largest absolute Gasteiger partial charge is 0.484 e. The first-order valence-electron chi connectivity index (χ1n) is 8.63. The number of anilines is 2. The topological polar surface area (TPSA) is 84.4 Å². The summed E-state index contributed by atoms with van der Waals surface area (Å²) in [4.78, 5) is 32.4. The SMILES string of the molecule is CN(C)C(=O)COc1cccc(Nc2cc(-c3ccc(C=O)cc3)ncn2)c1. The first kappa shape index (κ1) is 19.0. The number of hydrogen-bond donors (Lipinski definition) is 1. The maximum atomic E-state index is 11.7. The standard InChI is InChI=1S/C21H20N4O3/c1-25(2)21(27)13-28-18-5-3-4-17(10-18)24-20-11-19(22-14-23-20)16-8-6-15(12-26)7-9-16/h3-12,14H,13H2,1-2H3,(H,22,23,24). The van der Waals surface area contributed by atoms with E-state index in [9.17, 15) is 9.59 Å². The van der Waals surface area contributed by atoms with Crippen LogP contribution in [0.2, 0.25) is 0 Å². The Morgan fingerprint density at radius 2 is 1.89 bits per heavy atom. The van der Waals surface area contributed by atoms with Crippen molar-refractivity contribution in [3.05, 3.63) is 66.5 Å². The van der Waals surface area contributed by atoms with Crippen molar-refractivity contribution in [1.82, 2.24) is 14.9 Å². The van der Waals surface area contributed by atoms with Gasteiger partial charge < -0.3 is 15.0 Å². The Hall–Kier alpha value is -3.74. The molecule has 3 rings (SSSR count). The van der Waals surface area contributed by atoms with Gasteiger partial charge in [0.2, 0.25) is 0 Å². The van der Waals surface area contributed by atoms with Crippen molar-refractivity contribution in [3.63, 3.8) is 0 Å². The third-order valence-electron chi connectivity index (χ3n) is 3.98. The van der Waals surface area contributed by atoms with Crippen molar-refractivity contribution in [1.29, 1.82) is 0 Å². The number of rotatable bonds is 7. The number of nitrogens with zero attached hydrogens (tertiary/aromatic N) is 3. The van der Waals surface area contributed by atoms with E-state index in [1.54, 1.807) is 38.4 Å². The summed E-state index contributed by atoms with van der Waals surface area (Å²) in [5, 5.41) is 3.20. The zero-order valence-corrected chi connectivity index (χ0v) is 15.6. The molecule has 0 bridgehead atoms. The van der Waals surface area contributed by atoms with Crippen LogP contribution < -0.4 is 10.1 Å². The molecule has 0 radical (unpaired) electrons. The van der Waals surface area contributed by atoms with E-state index in [4.69, 9.17) is 4.74 Å². The minimum absolute atomic E-state index is 0.0229. The van der Waals surface area contributed by atoms with Crippen molar-refractivity contribution in [2.75, 3.05) is 26.0 Å². The highest BCUT2D eigenvalue weighted by Crippen LogP contribution is 2.23. The van der Waals surface area contributed by atoms with Crippen LogP contribution in [0.1, 0.15) is 10.4 Å². The predicted octanol–water partition coefficient (Wildman–Crippen LogP) is 3.17. The van der Waals surface area contributed by atoms with Crippen molar-refractivity contribution >= 4 is 23.7 Å². The quantitative estimate of drug-likeness (QED) is 0.638.